The largest absolute Gasteiger partial charge is 0.506 e. The van der Waals surface area contributed by atoms with E-state index in [0.717, 1.165) is 18.5 Å². The number of nitrogens with zero attached hydrogens (tertiary/aromatic N) is 2. The van der Waals surface area contributed by atoms with Gasteiger partial charge in [-0.3, -0.25) is 4.98 Å². The van der Waals surface area contributed by atoms with Crippen molar-refractivity contribution in [2.45, 2.75) is 0 Å². The summed E-state index contributed by atoms with van der Waals surface area (Å²) in [7, 11) is 0. The number of rotatable bonds is 2. The number of aromatic amines is 1. The van der Waals surface area contributed by atoms with E-state index in [1.807, 2.05) is 5.38 Å². The molecule has 0 saturated heterocycles. The number of phenols is 1. The second kappa shape index (κ2) is 5.60. The van der Waals surface area contributed by atoms with Gasteiger partial charge >= 0.3 is 5.69 Å². The molecule has 0 aliphatic rings. The van der Waals surface area contributed by atoms with Crippen molar-refractivity contribution >= 4 is 54.8 Å². The van der Waals surface area contributed by atoms with Gasteiger partial charge in [0.2, 0.25) is 0 Å². The van der Waals surface area contributed by atoms with E-state index in [9.17, 15) is 9.90 Å². The molecule has 21 heavy (non-hydrogen) atoms. The highest BCUT2D eigenvalue weighted by Crippen LogP contribution is 2.38. The van der Waals surface area contributed by atoms with Crippen LogP contribution in [0, 0.1) is 0 Å². The van der Waals surface area contributed by atoms with Gasteiger partial charge in [-0.05, 0) is 50.1 Å². The first-order valence-electron chi connectivity index (χ1n) is 5.58. The minimum absolute atomic E-state index is 0.0778. The summed E-state index contributed by atoms with van der Waals surface area (Å²) in [4.78, 5) is 15.5. The molecule has 3 rings (SSSR count). The number of H-pyrrole nitrogens is 1. The Kier molecular flexibility index (Phi) is 3.96. The van der Waals surface area contributed by atoms with Crippen LogP contribution in [0.3, 0.4) is 0 Å². The molecule has 0 aliphatic heterocycles. The topological polar surface area (TPSA) is 70.9 Å². The molecule has 2 N–H and O–H groups in total. The number of hydrogen-bond acceptors (Lipinski definition) is 4. The maximum Gasteiger partial charge on any atom is 0.348 e. The second-order valence-corrected chi connectivity index (χ2v) is 7.01. The Morgan fingerprint density at radius 3 is 2.81 bits per heavy atom. The Morgan fingerprint density at radius 2 is 2.14 bits per heavy atom. The molecule has 0 unspecified atom stereocenters. The van der Waals surface area contributed by atoms with Crippen LogP contribution in [0.15, 0.2) is 37.3 Å². The maximum atomic E-state index is 12.1. The van der Waals surface area contributed by atoms with Gasteiger partial charge in [-0.2, -0.15) is 4.68 Å². The third-order valence-corrected chi connectivity index (χ3v) is 6.46. The van der Waals surface area contributed by atoms with Crippen LogP contribution in [-0.4, -0.2) is 19.9 Å². The van der Waals surface area contributed by atoms with E-state index in [-0.39, 0.29) is 11.4 Å². The fourth-order valence-corrected chi connectivity index (χ4v) is 4.01. The fourth-order valence-electron chi connectivity index (χ4n) is 1.74. The van der Waals surface area contributed by atoms with Gasteiger partial charge < -0.3 is 5.11 Å². The first-order chi connectivity index (χ1) is 9.97. The molecule has 0 bridgehead atoms. The van der Waals surface area contributed by atoms with Crippen molar-refractivity contribution in [3.63, 3.8) is 0 Å². The van der Waals surface area contributed by atoms with Crippen LogP contribution in [-0.2, 0) is 0 Å². The van der Waals surface area contributed by atoms with E-state index in [1.54, 1.807) is 0 Å². The van der Waals surface area contributed by atoms with Crippen LogP contribution in [0.5, 0.6) is 5.75 Å². The Bertz CT molecular complexity index is 887. The van der Waals surface area contributed by atoms with E-state index in [0.29, 0.717) is 10.8 Å². The quantitative estimate of drug-likeness (QED) is 0.614. The first-order valence-corrected chi connectivity index (χ1v) is 8.43. The summed E-state index contributed by atoms with van der Waals surface area (Å²) in [6, 6.07) is 4.42. The number of thiophene rings is 1. The smallest absolute Gasteiger partial charge is 0.348 e. The third kappa shape index (κ3) is 2.68. The number of benzene rings is 1. The van der Waals surface area contributed by atoms with Crippen LogP contribution in [0.2, 0.25) is 5.02 Å². The molecule has 1 aromatic carbocycles. The van der Waals surface area contributed by atoms with Crippen molar-refractivity contribution in [1.82, 2.24) is 14.8 Å². The minimum atomic E-state index is -0.459. The molecule has 108 valence electrons. The normalized spacial score (nSPS) is 11.0. The number of hydrogen-bond donors (Lipinski definition) is 2. The van der Waals surface area contributed by atoms with Crippen LogP contribution in [0.1, 0.15) is 0 Å². The van der Waals surface area contributed by atoms with Crippen molar-refractivity contribution in [3.05, 3.63) is 48.0 Å². The van der Waals surface area contributed by atoms with Gasteiger partial charge in [0.05, 0.1) is 9.35 Å². The molecule has 0 spiro atoms. The maximum absolute atomic E-state index is 12.1. The molecular weight excluding hydrogens is 445 g/mol. The Morgan fingerprint density at radius 1 is 1.38 bits per heavy atom. The van der Waals surface area contributed by atoms with Crippen LogP contribution < -0.4 is 5.69 Å². The second-order valence-electron chi connectivity index (χ2n) is 4.05. The summed E-state index contributed by atoms with van der Waals surface area (Å²) in [6.45, 7) is 0. The molecule has 0 radical (unpaired) electrons. The number of phenolic OH excluding ortho intramolecular Hbond substituents is 1. The Balaban J connectivity index is 2.17. The van der Waals surface area contributed by atoms with E-state index in [1.165, 1.54) is 29.5 Å². The summed E-state index contributed by atoms with van der Waals surface area (Å²) in [6.07, 6.45) is 0. The molecule has 0 fully saturated rings. The molecular formula is C12H6Br2ClN3O2S. The lowest BCUT2D eigenvalue weighted by Crippen LogP contribution is -2.16. The van der Waals surface area contributed by atoms with E-state index < -0.39 is 5.69 Å². The van der Waals surface area contributed by atoms with Crippen LogP contribution in [0.4, 0.5) is 0 Å². The van der Waals surface area contributed by atoms with Gasteiger partial charge in [-0.1, -0.05) is 11.6 Å². The van der Waals surface area contributed by atoms with E-state index >= 15 is 0 Å². The van der Waals surface area contributed by atoms with Crippen molar-refractivity contribution in [3.8, 4) is 22.1 Å². The lowest BCUT2D eigenvalue weighted by atomic mass is 10.3. The predicted octanol–water partition coefficient (Wildman–Crippen LogP) is 4.17. The highest BCUT2D eigenvalue weighted by Gasteiger charge is 2.17. The summed E-state index contributed by atoms with van der Waals surface area (Å²) < 4.78 is 2.77. The molecule has 0 atom stereocenters. The van der Waals surface area contributed by atoms with Crippen molar-refractivity contribution in [2.24, 2.45) is 0 Å². The van der Waals surface area contributed by atoms with Crippen molar-refractivity contribution in [1.29, 1.82) is 0 Å². The van der Waals surface area contributed by atoms with E-state index in [4.69, 9.17) is 11.6 Å². The average molecular weight is 452 g/mol. The number of aromatic nitrogens is 3. The number of nitrogens with one attached hydrogen (secondary N) is 1. The highest BCUT2D eigenvalue weighted by atomic mass is 79.9. The summed E-state index contributed by atoms with van der Waals surface area (Å²) >= 11 is 14.1. The molecule has 3 aromatic rings. The Hall–Kier alpha value is -1.09. The average Bonchev–Trinajstić information content (AvgIpc) is 2.97. The van der Waals surface area contributed by atoms with Gasteiger partial charge in [-0.15, -0.1) is 16.4 Å². The number of aromatic hydroxyl groups is 1. The van der Waals surface area contributed by atoms with Crippen molar-refractivity contribution in [2.75, 3.05) is 0 Å². The van der Waals surface area contributed by atoms with Gasteiger partial charge in [0, 0.05) is 14.9 Å². The molecule has 0 amide bonds. The standard InChI is InChI=1S/C12H6Br2ClN3O2S/c13-6-4-21-10(9(6)14)11-16-12(20)18(17-11)7-3-5(15)1-2-8(7)19/h1-4,19H,(H,16,17,20). The monoisotopic (exact) mass is 449 g/mol. The van der Waals surface area contributed by atoms with Gasteiger partial charge in [0.1, 0.15) is 11.4 Å². The van der Waals surface area contributed by atoms with Gasteiger partial charge in [0.15, 0.2) is 5.82 Å². The summed E-state index contributed by atoms with van der Waals surface area (Å²) in [5.74, 6) is 0.327. The van der Waals surface area contributed by atoms with Gasteiger partial charge in [-0.25, -0.2) is 4.79 Å². The number of halogens is 3. The molecule has 9 heteroatoms. The molecule has 2 heterocycles. The molecule has 5 nitrogen and oxygen atoms in total. The van der Waals surface area contributed by atoms with Crippen LogP contribution >= 0.6 is 54.8 Å². The van der Waals surface area contributed by atoms with E-state index in [2.05, 4.69) is 41.9 Å². The Labute approximate surface area is 144 Å². The SMILES string of the molecule is O=c1[nH]c(-c2scc(Br)c2Br)nn1-c1cc(Cl)ccc1O. The first kappa shape index (κ1) is 14.8. The third-order valence-electron chi connectivity index (χ3n) is 2.69. The predicted molar refractivity (Wildman–Crippen MR) is 89.6 cm³/mol. The molecule has 0 aliphatic carbocycles. The summed E-state index contributed by atoms with van der Waals surface area (Å²) in [5.41, 5.74) is -0.235. The zero-order valence-corrected chi connectivity index (χ0v) is 14.8. The van der Waals surface area contributed by atoms with Crippen molar-refractivity contribution < 1.29 is 5.11 Å². The van der Waals surface area contributed by atoms with Gasteiger partial charge in [0.25, 0.3) is 0 Å². The fraction of sp³-hybridized carbons (Fsp3) is 0. The highest BCUT2D eigenvalue weighted by molar-refractivity contribution is 9.13. The lowest BCUT2D eigenvalue weighted by molar-refractivity contribution is 0.470. The molecule has 0 saturated carbocycles. The minimum Gasteiger partial charge on any atom is -0.506 e. The molecule has 2 aromatic heterocycles. The zero-order valence-electron chi connectivity index (χ0n) is 10.1. The zero-order chi connectivity index (χ0) is 15.1. The summed E-state index contributed by atoms with van der Waals surface area (Å²) in [5, 5.41) is 16.4. The lowest BCUT2D eigenvalue weighted by Gasteiger charge is -2.02. The van der Waals surface area contributed by atoms with Crippen LogP contribution in [0.25, 0.3) is 16.4 Å².